The van der Waals surface area contributed by atoms with Crippen LogP contribution in [0.15, 0.2) is 30.3 Å². The molecule has 2 rings (SSSR count). The summed E-state index contributed by atoms with van der Waals surface area (Å²) in [6.07, 6.45) is 2.79. The Morgan fingerprint density at radius 1 is 1.24 bits per heavy atom. The quantitative estimate of drug-likeness (QED) is 0.781. The fourth-order valence-electron chi connectivity index (χ4n) is 2.16. The second kappa shape index (κ2) is 6.18. The Kier molecular flexibility index (Phi) is 4.57. The standard InChI is InChI=1S/C15H23NO/c1-12(16-13(2)15-8-9-15)10-17-11-14-6-4-3-5-7-14/h3-7,12-13,15-16H,8-11H2,1-2H3. The van der Waals surface area contributed by atoms with E-state index in [9.17, 15) is 0 Å². The Balaban J connectivity index is 1.61. The van der Waals surface area contributed by atoms with Crippen molar-refractivity contribution in [1.29, 1.82) is 0 Å². The number of ether oxygens (including phenoxy) is 1. The van der Waals surface area contributed by atoms with Crippen LogP contribution in [0.5, 0.6) is 0 Å². The molecule has 2 atom stereocenters. The van der Waals surface area contributed by atoms with Crippen molar-refractivity contribution < 1.29 is 4.74 Å². The fraction of sp³-hybridized carbons (Fsp3) is 0.600. The maximum Gasteiger partial charge on any atom is 0.0717 e. The first-order valence-electron chi connectivity index (χ1n) is 6.63. The largest absolute Gasteiger partial charge is 0.375 e. The first-order valence-corrected chi connectivity index (χ1v) is 6.63. The van der Waals surface area contributed by atoms with Crippen LogP contribution in [0.4, 0.5) is 0 Å². The van der Waals surface area contributed by atoms with Crippen molar-refractivity contribution in [1.82, 2.24) is 5.32 Å². The third-order valence-electron chi connectivity index (χ3n) is 3.36. The van der Waals surface area contributed by atoms with Gasteiger partial charge in [-0.25, -0.2) is 0 Å². The maximum atomic E-state index is 5.72. The first-order chi connectivity index (χ1) is 8.25. The van der Waals surface area contributed by atoms with Gasteiger partial charge in [-0.15, -0.1) is 0 Å². The number of nitrogens with one attached hydrogen (secondary N) is 1. The van der Waals surface area contributed by atoms with E-state index in [4.69, 9.17) is 4.74 Å². The van der Waals surface area contributed by atoms with Gasteiger partial charge >= 0.3 is 0 Å². The van der Waals surface area contributed by atoms with E-state index in [1.165, 1.54) is 18.4 Å². The van der Waals surface area contributed by atoms with E-state index in [2.05, 4.69) is 43.4 Å². The van der Waals surface area contributed by atoms with E-state index in [0.717, 1.165) is 12.5 Å². The predicted octanol–water partition coefficient (Wildman–Crippen LogP) is 2.98. The Morgan fingerprint density at radius 2 is 1.94 bits per heavy atom. The minimum absolute atomic E-state index is 0.439. The van der Waals surface area contributed by atoms with Crippen LogP contribution >= 0.6 is 0 Å². The van der Waals surface area contributed by atoms with Gasteiger partial charge < -0.3 is 10.1 Å². The highest BCUT2D eigenvalue weighted by atomic mass is 16.5. The normalized spacial score (nSPS) is 18.9. The minimum atomic E-state index is 0.439. The molecule has 1 fully saturated rings. The second-order valence-electron chi connectivity index (χ2n) is 5.19. The number of hydrogen-bond acceptors (Lipinski definition) is 2. The molecule has 1 aliphatic carbocycles. The van der Waals surface area contributed by atoms with Crippen LogP contribution in [0.3, 0.4) is 0 Å². The molecule has 0 radical (unpaired) electrons. The van der Waals surface area contributed by atoms with Gasteiger partial charge in [0, 0.05) is 12.1 Å². The molecule has 0 bridgehead atoms. The third kappa shape index (κ3) is 4.49. The summed E-state index contributed by atoms with van der Waals surface area (Å²) in [6.45, 7) is 5.98. The average Bonchev–Trinajstić information content (AvgIpc) is 3.14. The molecule has 0 amide bonds. The molecule has 1 N–H and O–H groups in total. The molecule has 0 saturated heterocycles. The van der Waals surface area contributed by atoms with Gasteiger partial charge in [-0.3, -0.25) is 0 Å². The lowest BCUT2D eigenvalue weighted by molar-refractivity contribution is 0.0992. The van der Waals surface area contributed by atoms with E-state index in [1.54, 1.807) is 0 Å². The Morgan fingerprint density at radius 3 is 2.59 bits per heavy atom. The maximum absolute atomic E-state index is 5.72. The van der Waals surface area contributed by atoms with Gasteiger partial charge in [-0.1, -0.05) is 30.3 Å². The van der Waals surface area contributed by atoms with Gasteiger partial charge in [0.2, 0.25) is 0 Å². The molecule has 1 saturated carbocycles. The second-order valence-corrected chi connectivity index (χ2v) is 5.19. The van der Waals surface area contributed by atoms with Gasteiger partial charge in [-0.2, -0.15) is 0 Å². The number of hydrogen-bond donors (Lipinski definition) is 1. The third-order valence-corrected chi connectivity index (χ3v) is 3.36. The van der Waals surface area contributed by atoms with E-state index in [-0.39, 0.29) is 0 Å². The van der Waals surface area contributed by atoms with E-state index in [1.807, 2.05) is 6.07 Å². The van der Waals surface area contributed by atoms with Crippen molar-refractivity contribution in [2.45, 2.75) is 45.4 Å². The molecule has 1 aromatic carbocycles. The van der Waals surface area contributed by atoms with Gasteiger partial charge in [0.1, 0.15) is 0 Å². The molecule has 0 heterocycles. The number of benzene rings is 1. The predicted molar refractivity (Wildman–Crippen MR) is 70.9 cm³/mol. The summed E-state index contributed by atoms with van der Waals surface area (Å²) in [5.74, 6) is 0.909. The average molecular weight is 233 g/mol. The van der Waals surface area contributed by atoms with E-state index >= 15 is 0 Å². The van der Waals surface area contributed by atoms with Gasteiger partial charge in [0.15, 0.2) is 0 Å². The molecule has 17 heavy (non-hydrogen) atoms. The zero-order valence-electron chi connectivity index (χ0n) is 10.9. The van der Waals surface area contributed by atoms with Crippen LogP contribution in [0.2, 0.25) is 0 Å². The summed E-state index contributed by atoms with van der Waals surface area (Å²) in [4.78, 5) is 0. The van der Waals surface area contributed by atoms with E-state index < -0.39 is 0 Å². The first kappa shape index (κ1) is 12.6. The zero-order valence-corrected chi connectivity index (χ0v) is 10.9. The lowest BCUT2D eigenvalue weighted by Crippen LogP contribution is -2.38. The van der Waals surface area contributed by atoms with Crippen LogP contribution in [0.25, 0.3) is 0 Å². The summed E-state index contributed by atoms with van der Waals surface area (Å²) in [5.41, 5.74) is 1.25. The number of rotatable bonds is 7. The Labute approximate surface area is 104 Å². The highest BCUT2D eigenvalue weighted by molar-refractivity contribution is 5.13. The molecule has 0 spiro atoms. The fourth-order valence-corrected chi connectivity index (χ4v) is 2.16. The minimum Gasteiger partial charge on any atom is -0.375 e. The molecule has 2 heteroatoms. The van der Waals surface area contributed by atoms with Crippen molar-refractivity contribution in [3.8, 4) is 0 Å². The zero-order chi connectivity index (χ0) is 12.1. The monoisotopic (exact) mass is 233 g/mol. The SMILES string of the molecule is CC(COCc1ccccc1)NC(C)C1CC1. The van der Waals surface area contributed by atoms with Crippen molar-refractivity contribution in [3.05, 3.63) is 35.9 Å². The summed E-state index contributed by atoms with van der Waals surface area (Å²) < 4.78 is 5.72. The smallest absolute Gasteiger partial charge is 0.0717 e. The molecule has 0 aromatic heterocycles. The summed E-state index contributed by atoms with van der Waals surface area (Å²) >= 11 is 0. The molecule has 2 nitrogen and oxygen atoms in total. The lowest BCUT2D eigenvalue weighted by atomic mass is 10.2. The highest BCUT2D eigenvalue weighted by Crippen LogP contribution is 2.32. The molecule has 94 valence electrons. The van der Waals surface area contributed by atoms with Crippen molar-refractivity contribution in [2.24, 2.45) is 5.92 Å². The summed E-state index contributed by atoms with van der Waals surface area (Å²) in [5, 5.41) is 3.60. The Hall–Kier alpha value is -0.860. The molecule has 1 aliphatic rings. The molecule has 0 aliphatic heterocycles. The van der Waals surface area contributed by atoms with Crippen LogP contribution in [-0.2, 0) is 11.3 Å². The van der Waals surface area contributed by atoms with Crippen LogP contribution in [-0.4, -0.2) is 18.7 Å². The van der Waals surface area contributed by atoms with Crippen LogP contribution < -0.4 is 5.32 Å². The molecular weight excluding hydrogens is 210 g/mol. The van der Waals surface area contributed by atoms with Crippen molar-refractivity contribution >= 4 is 0 Å². The molecular formula is C15H23NO. The van der Waals surface area contributed by atoms with Gasteiger partial charge in [0.25, 0.3) is 0 Å². The Bertz CT molecular complexity index is 321. The van der Waals surface area contributed by atoms with E-state index in [0.29, 0.717) is 18.7 Å². The summed E-state index contributed by atoms with van der Waals surface area (Å²) in [7, 11) is 0. The molecule has 1 aromatic rings. The lowest BCUT2D eigenvalue weighted by Gasteiger charge is -2.19. The highest BCUT2D eigenvalue weighted by Gasteiger charge is 2.28. The van der Waals surface area contributed by atoms with Gasteiger partial charge in [-0.05, 0) is 38.2 Å². The van der Waals surface area contributed by atoms with Crippen molar-refractivity contribution in [3.63, 3.8) is 0 Å². The van der Waals surface area contributed by atoms with Crippen LogP contribution in [0, 0.1) is 5.92 Å². The topological polar surface area (TPSA) is 21.3 Å². The van der Waals surface area contributed by atoms with Crippen LogP contribution in [0.1, 0.15) is 32.3 Å². The van der Waals surface area contributed by atoms with Gasteiger partial charge in [0.05, 0.1) is 13.2 Å². The summed E-state index contributed by atoms with van der Waals surface area (Å²) in [6, 6.07) is 11.4. The molecule has 2 unspecified atom stereocenters. The van der Waals surface area contributed by atoms with Crippen molar-refractivity contribution in [2.75, 3.05) is 6.61 Å².